The summed E-state index contributed by atoms with van der Waals surface area (Å²) >= 11 is 0. The summed E-state index contributed by atoms with van der Waals surface area (Å²) in [6.45, 7) is 4.07. The molecule has 2 rings (SSSR count). The van der Waals surface area contributed by atoms with Gasteiger partial charge in [0.15, 0.2) is 0 Å². The van der Waals surface area contributed by atoms with E-state index < -0.39 is 15.8 Å². The van der Waals surface area contributed by atoms with E-state index in [4.69, 9.17) is 0 Å². The van der Waals surface area contributed by atoms with Crippen LogP contribution in [0.15, 0.2) is 0 Å². The molecule has 2 aliphatic heterocycles. The quantitative estimate of drug-likeness (QED) is 0.835. The van der Waals surface area contributed by atoms with Crippen molar-refractivity contribution in [1.29, 1.82) is 0 Å². The van der Waals surface area contributed by atoms with Crippen molar-refractivity contribution in [3.63, 3.8) is 0 Å². The normalized spacial score (nSPS) is 32.7. The smallest absolute Gasteiger partial charge is 0.281 e. The first-order chi connectivity index (χ1) is 8.92. The van der Waals surface area contributed by atoms with Crippen molar-refractivity contribution in [1.82, 2.24) is 8.61 Å². The topological polar surface area (TPSA) is 60.9 Å². The van der Waals surface area contributed by atoms with Crippen molar-refractivity contribution < 1.29 is 13.5 Å². The van der Waals surface area contributed by atoms with Gasteiger partial charge in [-0.05, 0) is 39.0 Å². The van der Waals surface area contributed by atoms with Crippen molar-refractivity contribution in [3.8, 4) is 0 Å². The van der Waals surface area contributed by atoms with Crippen LogP contribution < -0.4 is 0 Å². The van der Waals surface area contributed by atoms with E-state index >= 15 is 0 Å². The summed E-state index contributed by atoms with van der Waals surface area (Å²) in [4.78, 5) is 0. The molecule has 2 heterocycles. The van der Waals surface area contributed by atoms with Crippen molar-refractivity contribution >= 4 is 10.2 Å². The highest BCUT2D eigenvalue weighted by atomic mass is 32.2. The number of hydrogen-bond donors (Lipinski definition) is 1. The van der Waals surface area contributed by atoms with Gasteiger partial charge >= 0.3 is 0 Å². The maximum absolute atomic E-state index is 12.6. The Morgan fingerprint density at radius 1 is 0.842 bits per heavy atom. The second-order valence-electron chi connectivity index (χ2n) is 6.07. The number of hydrogen-bond acceptors (Lipinski definition) is 3. The van der Waals surface area contributed by atoms with Gasteiger partial charge in [-0.25, -0.2) is 0 Å². The Morgan fingerprint density at radius 3 is 2.00 bits per heavy atom. The number of nitrogens with zero attached hydrogens (tertiary/aromatic N) is 2. The Bertz CT molecular complexity index is 387. The summed E-state index contributed by atoms with van der Waals surface area (Å²) in [5, 5.41) is 10.1. The second kappa shape index (κ2) is 6.08. The van der Waals surface area contributed by atoms with Crippen molar-refractivity contribution in [2.45, 2.75) is 57.5 Å². The molecule has 2 fully saturated rings. The first-order valence-electron chi connectivity index (χ1n) is 7.39. The molecule has 0 aliphatic carbocycles. The molecule has 0 aromatic carbocycles. The zero-order chi connectivity index (χ0) is 13.9. The number of aliphatic hydroxyl groups is 1. The van der Waals surface area contributed by atoms with Crippen LogP contribution in [-0.4, -0.2) is 53.9 Å². The minimum atomic E-state index is -3.33. The van der Waals surface area contributed by atoms with Crippen LogP contribution in [0.5, 0.6) is 0 Å². The van der Waals surface area contributed by atoms with Gasteiger partial charge in [-0.15, -0.1) is 0 Å². The molecule has 1 atom stereocenters. The molecule has 112 valence electrons. The second-order valence-corrected chi connectivity index (χ2v) is 8.00. The Hall–Kier alpha value is -0.170. The zero-order valence-electron chi connectivity index (χ0n) is 11.8. The van der Waals surface area contributed by atoms with E-state index in [1.54, 1.807) is 15.5 Å². The Labute approximate surface area is 116 Å². The van der Waals surface area contributed by atoms with E-state index in [-0.39, 0.29) is 0 Å². The van der Waals surface area contributed by atoms with Gasteiger partial charge in [-0.3, -0.25) is 0 Å². The zero-order valence-corrected chi connectivity index (χ0v) is 12.7. The van der Waals surface area contributed by atoms with Crippen LogP contribution in [0, 0.1) is 0 Å². The highest BCUT2D eigenvalue weighted by Gasteiger charge is 2.34. The van der Waals surface area contributed by atoms with Crippen LogP contribution in [-0.2, 0) is 10.2 Å². The lowest BCUT2D eigenvalue weighted by Gasteiger charge is -2.28. The molecule has 19 heavy (non-hydrogen) atoms. The fourth-order valence-electron chi connectivity index (χ4n) is 2.91. The van der Waals surface area contributed by atoms with Gasteiger partial charge in [-0.2, -0.15) is 17.0 Å². The van der Waals surface area contributed by atoms with Crippen molar-refractivity contribution in [2.24, 2.45) is 0 Å². The summed E-state index contributed by atoms with van der Waals surface area (Å²) in [5.74, 6) is 0. The molecule has 2 aliphatic rings. The molecular weight excluding hydrogens is 264 g/mol. The largest absolute Gasteiger partial charge is 0.390 e. The van der Waals surface area contributed by atoms with Crippen LogP contribution in [0.1, 0.15) is 51.9 Å². The third-order valence-corrected chi connectivity index (χ3v) is 6.28. The van der Waals surface area contributed by atoms with Gasteiger partial charge in [0.25, 0.3) is 10.2 Å². The van der Waals surface area contributed by atoms with Crippen LogP contribution >= 0.6 is 0 Å². The Morgan fingerprint density at radius 2 is 1.37 bits per heavy atom. The summed E-state index contributed by atoms with van der Waals surface area (Å²) in [6, 6.07) is 0. The minimum absolute atomic E-state index is 0.436. The molecule has 6 heteroatoms. The fourth-order valence-corrected chi connectivity index (χ4v) is 4.63. The van der Waals surface area contributed by atoms with Crippen LogP contribution in [0.2, 0.25) is 0 Å². The van der Waals surface area contributed by atoms with Gasteiger partial charge < -0.3 is 5.11 Å². The maximum atomic E-state index is 12.6. The molecule has 2 saturated heterocycles. The van der Waals surface area contributed by atoms with Gasteiger partial charge in [0.2, 0.25) is 0 Å². The highest BCUT2D eigenvalue weighted by Crippen LogP contribution is 2.25. The van der Waals surface area contributed by atoms with E-state index in [2.05, 4.69) is 0 Å². The molecule has 0 amide bonds. The monoisotopic (exact) mass is 290 g/mol. The molecule has 0 bridgehead atoms. The van der Waals surface area contributed by atoms with Crippen molar-refractivity contribution in [3.05, 3.63) is 0 Å². The maximum Gasteiger partial charge on any atom is 0.281 e. The minimum Gasteiger partial charge on any atom is -0.390 e. The van der Waals surface area contributed by atoms with Gasteiger partial charge in [0.05, 0.1) is 5.60 Å². The van der Waals surface area contributed by atoms with E-state index in [0.717, 1.165) is 32.1 Å². The standard InChI is InChI=1S/C13H26N2O3S/c1-13(16)7-6-11-15(12-8-13)19(17,18)14-9-4-2-3-5-10-14/h16H,2-12H2,1H3. The van der Waals surface area contributed by atoms with Crippen molar-refractivity contribution in [2.75, 3.05) is 26.2 Å². The Kier molecular flexibility index (Phi) is 4.87. The molecule has 0 aromatic heterocycles. The first kappa shape index (κ1) is 15.2. The van der Waals surface area contributed by atoms with Gasteiger partial charge in [0, 0.05) is 26.2 Å². The molecule has 0 spiro atoms. The van der Waals surface area contributed by atoms with E-state index in [1.807, 2.05) is 0 Å². The molecule has 0 radical (unpaired) electrons. The third kappa shape index (κ3) is 3.90. The molecule has 5 nitrogen and oxygen atoms in total. The molecule has 0 aromatic rings. The summed E-state index contributed by atoms with van der Waals surface area (Å²) in [6.07, 6.45) is 6.12. The average Bonchev–Trinajstić information content (AvgIpc) is 2.69. The number of rotatable bonds is 2. The van der Waals surface area contributed by atoms with Crippen LogP contribution in [0.3, 0.4) is 0 Å². The van der Waals surface area contributed by atoms with E-state index in [9.17, 15) is 13.5 Å². The average molecular weight is 290 g/mol. The lowest BCUT2D eigenvalue weighted by atomic mass is 9.98. The van der Waals surface area contributed by atoms with Crippen LogP contribution in [0.4, 0.5) is 0 Å². The lowest BCUT2D eigenvalue weighted by Crippen LogP contribution is -2.45. The summed E-state index contributed by atoms with van der Waals surface area (Å²) in [7, 11) is -3.33. The summed E-state index contributed by atoms with van der Waals surface area (Å²) < 4.78 is 28.5. The molecular formula is C13H26N2O3S. The Balaban J connectivity index is 2.06. The van der Waals surface area contributed by atoms with Gasteiger partial charge in [-0.1, -0.05) is 12.8 Å². The lowest BCUT2D eigenvalue weighted by molar-refractivity contribution is 0.0464. The van der Waals surface area contributed by atoms with Gasteiger partial charge in [0.1, 0.15) is 0 Å². The van der Waals surface area contributed by atoms with E-state index in [0.29, 0.717) is 39.0 Å². The first-order valence-corrected chi connectivity index (χ1v) is 8.79. The molecule has 0 saturated carbocycles. The van der Waals surface area contributed by atoms with Crippen LogP contribution in [0.25, 0.3) is 0 Å². The van der Waals surface area contributed by atoms with E-state index in [1.165, 1.54) is 0 Å². The predicted molar refractivity (Wildman–Crippen MR) is 75.0 cm³/mol. The summed E-state index contributed by atoms with van der Waals surface area (Å²) in [5.41, 5.74) is -0.719. The third-order valence-electron chi connectivity index (χ3n) is 4.24. The SMILES string of the molecule is CC1(O)CCCN(S(=O)(=O)N2CCCCCC2)CC1. The molecule has 1 unspecified atom stereocenters. The highest BCUT2D eigenvalue weighted by molar-refractivity contribution is 7.86. The predicted octanol–water partition coefficient (Wildman–Crippen LogP) is 1.34. The molecule has 1 N–H and O–H groups in total. The fraction of sp³-hybridized carbons (Fsp3) is 1.00.